The zero-order valence-corrected chi connectivity index (χ0v) is 16.7. The molecule has 1 aromatic carbocycles. The summed E-state index contributed by atoms with van der Waals surface area (Å²) in [5.74, 6) is 0.708. The molecule has 8 heteroatoms. The van der Waals surface area contributed by atoms with Gasteiger partial charge >= 0.3 is 0 Å². The Morgan fingerprint density at radius 3 is 2.71 bits per heavy atom. The molecule has 0 aliphatic heterocycles. The number of imidazole rings is 1. The third-order valence-electron chi connectivity index (χ3n) is 4.58. The lowest BCUT2D eigenvalue weighted by atomic mass is 10.2. The van der Waals surface area contributed by atoms with Crippen molar-refractivity contribution in [1.29, 1.82) is 0 Å². The SMILES string of the molecule is CCCCn1c(NC(=O)c2cc(C)nn2CC)nc2cc(C=O)cc(OC)c21. The fourth-order valence-electron chi connectivity index (χ4n) is 3.24. The van der Waals surface area contributed by atoms with E-state index in [1.54, 1.807) is 30.0 Å². The number of hydrogen-bond donors (Lipinski definition) is 1. The number of benzene rings is 1. The Labute approximate surface area is 163 Å². The van der Waals surface area contributed by atoms with E-state index in [0.29, 0.717) is 41.6 Å². The van der Waals surface area contributed by atoms with Gasteiger partial charge in [-0.25, -0.2) is 4.98 Å². The van der Waals surface area contributed by atoms with E-state index in [4.69, 9.17) is 4.74 Å². The monoisotopic (exact) mass is 383 g/mol. The normalized spacial score (nSPS) is 11.0. The van der Waals surface area contributed by atoms with E-state index in [2.05, 4.69) is 22.3 Å². The minimum absolute atomic E-state index is 0.273. The minimum atomic E-state index is -0.273. The first kappa shape index (κ1) is 19.6. The summed E-state index contributed by atoms with van der Waals surface area (Å²) in [6, 6.07) is 5.13. The first-order valence-electron chi connectivity index (χ1n) is 9.41. The van der Waals surface area contributed by atoms with Crippen molar-refractivity contribution in [3.63, 3.8) is 0 Å². The number of amides is 1. The van der Waals surface area contributed by atoms with Gasteiger partial charge in [0, 0.05) is 18.7 Å². The Morgan fingerprint density at radius 2 is 2.07 bits per heavy atom. The second-order valence-corrected chi connectivity index (χ2v) is 6.59. The van der Waals surface area contributed by atoms with Gasteiger partial charge in [-0.1, -0.05) is 13.3 Å². The van der Waals surface area contributed by atoms with Crippen LogP contribution in [0.25, 0.3) is 11.0 Å². The van der Waals surface area contributed by atoms with Crippen LogP contribution in [-0.4, -0.2) is 38.6 Å². The molecule has 0 unspecified atom stereocenters. The Bertz CT molecular complexity index is 1020. The molecule has 2 heterocycles. The Balaban J connectivity index is 2.08. The van der Waals surface area contributed by atoms with Crippen molar-refractivity contribution < 1.29 is 14.3 Å². The fraction of sp³-hybridized carbons (Fsp3) is 0.400. The summed E-state index contributed by atoms with van der Waals surface area (Å²) in [5.41, 5.74) is 3.10. The van der Waals surface area contributed by atoms with Crippen LogP contribution in [0.1, 0.15) is 53.2 Å². The van der Waals surface area contributed by atoms with Crippen LogP contribution in [0.4, 0.5) is 5.95 Å². The molecular formula is C20H25N5O3. The molecule has 28 heavy (non-hydrogen) atoms. The molecule has 0 bridgehead atoms. The maximum atomic E-state index is 12.9. The molecule has 3 rings (SSSR count). The number of aryl methyl sites for hydroxylation is 3. The van der Waals surface area contributed by atoms with Gasteiger partial charge in [-0.3, -0.25) is 19.6 Å². The number of methoxy groups -OCH3 is 1. The number of nitrogens with one attached hydrogen (secondary N) is 1. The lowest BCUT2D eigenvalue weighted by Crippen LogP contribution is -2.20. The molecule has 0 aliphatic rings. The number of rotatable bonds is 8. The van der Waals surface area contributed by atoms with Gasteiger partial charge < -0.3 is 9.30 Å². The third kappa shape index (κ3) is 3.62. The predicted octanol–water partition coefficient (Wildman–Crippen LogP) is 3.43. The van der Waals surface area contributed by atoms with Crippen molar-refractivity contribution in [2.75, 3.05) is 12.4 Å². The van der Waals surface area contributed by atoms with Crippen molar-refractivity contribution in [2.45, 2.75) is 46.7 Å². The van der Waals surface area contributed by atoms with Gasteiger partial charge in [-0.05, 0) is 38.5 Å². The van der Waals surface area contributed by atoms with E-state index in [0.717, 1.165) is 30.3 Å². The van der Waals surface area contributed by atoms with Crippen molar-refractivity contribution in [3.8, 4) is 5.75 Å². The first-order chi connectivity index (χ1) is 13.5. The van der Waals surface area contributed by atoms with Gasteiger partial charge in [0.1, 0.15) is 23.2 Å². The lowest BCUT2D eigenvalue weighted by Gasteiger charge is -2.12. The number of carbonyl (C=O) groups excluding carboxylic acids is 2. The molecule has 0 atom stereocenters. The Morgan fingerprint density at radius 1 is 1.29 bits per heavy atom. The lowest BCUT2D eigenvalue weighted by molar-refractivity contribution is 0.101. The third-order valence-corrected chi connectivity index (χ3v) is 4.58. The molecule has 0 saturated carbocycles. The highest BCUT2D eigenvalue weighted by molar-refractivity contribution is 6.03. The van der Waals surface area contributed by atoms with Gasteiger partial charge in [0.15, 0.2) is 0 Å². The number of unbranched alkanes of at least 4 members (excludes halogenated alkanes) is 1. The van der Waals surface area contributed by atoms with Crippen molar-refractivity contribution >= 4 is 29.2 Å². The number of nitrogens with zero attached hydrogens (tertiary/aromatic N) is 4. The van der Waals surface area contributed by atoms with E-state index >= 15 is 0 Å². The molecule has 0 radical (unpaired) electrons. The molecule has 1 N–H and O–H groups in total. The number of aromatic nitrogens is 4. The molecule has 0 aliphatic carbocycles. The number of fused-ring (bicyclic) bond motifs is 1. The molecule has 0 fully saturated rings. The van der Waals surface area contributed by atoms with Crippen LogP contribution >= 0.6 is 0 Å². The average Bonchev–Trinajstić information content (AvgIpc) is 3.25. The molecule has 2 aromatic heterocycles. The zero-order valence-electron chi connectivity index (χ0n) is 16.7. The van der Waals surface area contributed by atoms with Gasteiger partial charge in [-0.2, -0.15) is 5.10 Å². The second-order valence-electron chi connectivity index (χ2n) is 6.59. The maximum Gasteiger partial charge on any atom is 0.276 e. The Hall–Kier alpha value is -3.16. The van der Waals surface area contributed by atoms with Crippen LogP contribution in [0.3, 0.4) is 0 Å². The summed E-state index contributed by atoms with van der Waals surface area (Å²) in [7, 11) is 1.56. The van der Waals surface area contributed by atoms with Crippen LogP contribution < -0.4 is 10.1 Å². The molecule has 148 valence electrons. The number of anilines is 1. The smallest absolute Gasteiger partial charge is 0.276 e. The summed E-state index contributed by atoms with van der Waals surface area (Å²) in [6.07, 6.45) is 2.66. The highest BCUT2D eigenvalue weighted by atomic mass is 16.5. The molecule has 1 amide bonds. The van der Waals surface area contributed by atoms with Gasteiger partial charge in [0.25, 0.3) is 5.91 Å². The fourth-order valence-corrected chi connectivity index (χ4v) is 3.24. The quantitative estimate of drug-likeness (QED) is 0.602. The maximum absolute atomic E-state index is 12.9. The van der Waals surface area contributed by atoms with E-state index in [1.165, 1.54) is 0 Å². The number of aldehydes is 1. The molecule has 3 aromatic rings. The van der Waals surface area contributed by atoms with E-state index in [1.807, 2.05) is 18.4 Å². The van der Waals surface area contributed by atoms with Crippen LogP contribution in [0, 0.1) is 6.92 Å². The van der Waals surface area contributed by atoms with Crippen molar-refractivity contribution in [3.05, 3.63) is 35.2 Å². The van der Waals surface area contributed by atoms with Gasteiger partial charge in [-0.15, -0.1) is 0 Å². The molecule has 0 saturated heterocycles. The number of ether oxygens (including phenoxy) is 1. The van der Waals surface area contributed by atoms with E-state index in [-0.39, 0.29) is 5.91 Å². The summed E-state index contributed by atoms with van der Waals surface area (Å²) >= 11 is 0. The summed E-state index contributed by atoms with van der Waals surface area (Å²) in [6.45, 7) is 7.16. The van der Waals surface area contributed by atoms with Crippen LogP contribution in [0.2, 0.25) is 0 Å². The van der Waals surface area contributed by atoms with Gasteiger partial charge in [0.2, 0.25) is 5.95 Å². The molecular weight excluding hydrogens is 358 g/mol. The Kier molecular flexibility index (Phi) is 5.77. The topological polar surface area (TPSA) is 91.0 Å². The highest BCUT2D eigenvalue weighted by Gasteiger charge is 2.20. The zero-order chi connectivity index (χ0) is 20.3. The summed E-state index contributed by atoms with van der Waals surface area (Å²) < 4.78 is 9.08. The summed E-state index contributed by atoms with van der Waals surface area (Å²) in [4.78, 5) is 28.7. The largest absolute Gasteiger partial charge is 0.494 e. The average molecular weight is 383 g/mol. The summed E-state index contributed by atoms with van der Waals surface area (Å²) in [5, 5.41) is 7.24. The van der Waals surface area contributed by atoms with E-state index < -0.39 is 0 Å². The first-order valence-corrected chi connectivity index (χ1v) is 9.41. The standard InChI is InChI=1S/C20H25N5O3/c1-5-7-8-24-18-15(10-14(12-26)11-17(18)28-4)21-20(24)22-19(27)16-9-13(3)23-25(16)6-2/h9-12H,5-8H2,1-4H3,(H,21,22,27). The van der Waals surface area contributed by atoms with Crippen LogP contribution in [0.5, 0.6) is 5.75 Å². The molecule has 0 spiro atoms. The highest BCUT2D eigenvalue weighted by Crippen LogP contribution is 2.30. The number of carbonyl (C=O) groups is 2. The van der Waals surface area contributed by atoms with Crippen LogP contribution in [0.15, 0.2) is 18.2 Å². The van der Waals surface area contributed by atoms with Gasteiger partial charge in [0.05, 0.1) is 18.3 Å². The van der Waals surface area contributed by atoms with E-state index in [9.17, 15) is 9.59 Å². The minimum Gasteiger partial charge on any atom is -0.494 e. The van der Waals surface area contributed by atoms with Crippen LogP contribution in [-0.2, 0) is 13.1 Å². The second kappa shape index (κ2) is 8.24. The van der Waals surface area contributed by atoms with Crippen molar-refractivity contribution in [2.24, 2.45) is 0 Å². The predicted molar refractivity (Wildman–Crippen MR) is 107 cm³/mol. The molecule has 8 nitrogen and oxygen atoms in total. The van der Waals surface area contributed by atoms with Crippen molar-refractivity contribution in [1.82, 2.24) is 19.3 Å². The number of hydrogen-bond acceptors (Lipinski definition) is 5.